The Morgan fingerprint density at radius 3 is 2.57 bits per heavy atom. The van der Waals surface area contributed by atoms with Crippen LogP contribution in [0.4, 0.5) is 0 Å². The number of nitrogens with zero attached hydrogens (tertiary/aromatic N) is 3. The lowest BCUT2D eigenvalue weighted by Crippen LogP contribution is -2.23. The number of fused-ring (bicyclic) bond motifs is 1. The average Bonchev–Trinajstić information content (AvgIpc) is 2.51. The molecular formula is C17H13N3O. The summed E-state index contributed by atoms with van der Waals surface area (Å²) in [7, 11) is 0. The second kappa shape index (κ2) is 5.22. The number of aryl methyl sites for hydroxylation is 1. The number of hydrogen-bond donors (Lipinski definition) is 0. The second-order valence-corrected chi connectivity index (χ2v) is 4.87. The Morgan fingerprint density at radius 1 is 1.14 bits per heavy atom. The standard InChI is InChI=1S/C17H13N3O/c1-12-6-8-13(9-7-12)16-19-15-5-3-2-4-14(15)17(21)20(16)11-10-18/h2-9H,11H2,1H3. The smallest absolute Gasteiger partial charge is 0.262 e. The molecule has 4 nitrogen and oxygen atoms in total. The molecule has 0 aliphatic heterocycles. The first-order valence-electron chi connectivity index (χ1n) is 6.64. The fourth-order valence-electron chi connectivity index (χ4n) is 2.31. The van der Waals surface area contributed by atoms with Gasteiger partial charge >= 0.3 is 0 Å². The molecule has 0 atom stereocenters. The number of nitriles is 1. The van der Waals surface area contributed by atoms with Gasteiger partial charge in [-0.25, -0.2) is 4.98 Å². The number of para-hydroxylation sites is 1. The van der Waals surface area contributed by atoms with Crippen LogP contribution in [-0.4, -0.2) is 9.55 Å². The van der Waals surface area contributed by atoms with E-state index < -0.39 is 0 Å². The first-order chi connectivity index (χ1) is 10.2. The molecule has 0 N–H and O–H groups in total. The molecule has 1 aromatic heterocycles. The zero-order chi connectivity index (χ0) is 14.8. The van der Waals surface area contributed by atoms with Crippen molar-refractivity contribution in [2.75, 3.05) is 0 Å². The van der Waals surface area contributed by atoms with Gasteiger partial charge in [-0.15, -0.1) is 0 Å². The highest BCUT2D eigenvalue weighted by molar-refractivity contribution is 5.79. The Kier molecular flexibility index (Phi) is 3.25. The molecule has 3 rings (SSSR count). The van der Waals surface area contributed by atoms with Gasteiger partial charge in [0.15, 0.2) is 0 Å². The van der Waals surface area contributed by atoms with Crippen LogP contribution in [0.15, 0.2) is 53.3 Å². The van der Waals surface area contributed by atoms with Crippen LogP contribution in [0, 0.1) is 18.3 Å². The molecule has 3 aromatic rings. The lowest BCUT2D eigenvalue weighted by Gasteiger charge is -2.11. The molecule has 0 saturated carbocycles. The van der Waals surface area contributed by atoms with Gasteiger partial charge in [-0.05, 0) is 19.1 Å². The van der Waals surface area contributed by atoms with Crippen molar-refractivity contribution in [3.8, 4) is 17.5 Å². The summed E-state index contributed by atoms with van der Waals surface area (Å²) in [6.45, 7) is 1.99. The lowest BCUT2D eigenvalue weighted by molar-refractivity contribution is 0.787. The third-order valence-electron chi connectivity index (χ3n) is 3.40. The van der Waals surface area contributed by atoms with Gasteiger partial charge in [-0.3, -0.25) is 9.36 Å². The molecule has 0 amide bonds. The molecule has 4 heteroatoms. The van der Waals surface area contributed by atoms with Crippen molar-refractivity contribution in [1.29, 1.82) is 5.26 Å². The average molecular weight is 275 g/mol. The van der Waals surface area contributed by atoms with E-state index in [4.69, 9.17) is 5.26 Å². The maximum absolute atomic E-state index is 12.6. The molecule has 1 heterocycles. The molecule has 0 unspecified atom stereocenters. The SMILES string of the molecule is Cc1ccc(-c2nc3ccccc3c(=O)n2CC#N)cc1. The van der Waals surface area contributed by atoms with Gasteiger partial charge in [0.05, 0.1) is 17.0 Å². The molecule has 102 valence electrons. The van der Waals surface area contributed by atoms with Crippen LogP contribution in [0.3, 0.4) is 0 Å². The maximum Gasteiger partial charge on any atom is 0.262 e. The highest BCUT2D eigenvalue weighted by atomic mass is 16.1. The third kappa shape index (κ3) is 2.30. The fourth-order valence-corrected chi connectivity index (χ4v) is 2.31. The highest BCUT2D eigenvalue weighted by Crippen LogP contribution is 2.19. The first kappa shape index (κ1) is 13.1. The summed E-state index contributed by atoms with van der Waals surface area (Å²) in [6.07, 6.45) is 0. The summed E-state index contributed by atoms with van der Waals surface area (Å²) in [5.74, 6) is 0.528. The second-order valence-electron chi connectivity index (χ2n) is 4.87. The van der Waals surface area contributed by atoms with Crippen molar-refractivity contribution in [1.82, 2.24) is 9.55 Å². The Hall–Kier alpha value is -2.93. The van der Waals surface area contributed by atoms with Crippen molar-refractivity contribution < 1.29 is 0 Å². The van der Waals surface area contributed by atoms with E-state index in [1.165, 1.54) is 4.57 Å². The molecule has 0 bridgehead atoms. The highest BCUT2D eigenvalue weighted by Gasteiger charge is 2.12. The van der Waals surface area contributed by atoms with E-state index in [0.29, 0.717) is 16.7 Å². The molecule has 0 aliphatic rings. The van der Waals surface area contributed by atoms with Crippen LogP contribution in [0.2, 0.25) is 0 Å². The monoisotopic (exact) mass is 275 g/mol. The molecule has 2 aromatic carbocycles. The van der Waals surface area contributed by atoms with E-state index >= 15 is 0 Å². The zero-order valence-electron chi connectivity index (χ0n) is 11.6. The van der Waals surface area contributed by atoms with Crippen molar-refractivity contribution in [3.05, 3.63) is 64.4 Å². The van der Waals surface area contributed by atoms with Gasteiger partial charge in [-0.2, -0.15) is 5.26 Å². The fraction of sp³-hybridized carbons (Fsp3) is 0.118. The summed E-state index contributed by atoms with van der Waals surface area (Å²) < 4.78 is 1.42. The van der Waals surface area contributed by atoms with Crippen molar-refractivity contribution >= 4 is 10.9 Å². The van der Waals surface area contributed by atoms with E-state index in [-0.39, 0.29) is 12.1 Å². The van der Waals surface area contributed by atoms with E-state index in [1.54, 1.807) is 12.1 Å². The number of hydrogen-bond acceptors (Lipinski definition) is 3. The van der Waals surface area contributed by atoms with Crippen LogP contribution >= 0.6 is 0 Å². The van der Waals surface area contributed by atoms with Gasteiger partial charge in [0.2, 0.25) is 0 Å². The zero-order valence-corrected chi connectivity index (χ0v) is 11.6. The summed E-state index contributed by atoms with van der Waals surface area (Å²) in [5.41, 5.74) is 2.43. The number of aromatic nitrogens is 2. The van der Waals surface area contributed by atoms with E-state index in [2.05, 4.69) is 4.98 Å². The summed E-state index contributed by atoms with van der Waals surface area (Å²) in [4.78, 5) is 17.1. The Bertz CT molecular complexity index is 902. The normalized spacial score (nSPS) is 10.5. The van der Waals surface area contributed by atoms with Crippen molar-refractivity contribution in [3.63, 3.8) is 0 Å². The van der Waals surface area contributed by atoms with Gasteiger partial charge in [-0.1, -0.05) is 42.0 Å². The quantitative estimate of drug-likeness (QED) is 0.722. The number of benzene rings is 2. The summed E-state index contributed by atoms with van der Waals surface area (Å²) in [5, 5.41) is 9.53. The van der Waals surface area contributed by atoms with Crippen molar-refractivity contribution in [2.24, 2.45) is 0 Å². The Balaban J connectivity index is 2.35. The van der Waals surface area contributed by atoms with E-state index in [9.17, 15) is 4.79 Å². The first-order valence-corrected chi connectivity index (χ1v) is 6.64. The summed E-state index contributed by atoms with van der Waals surface area (Å²) in [6, 6.07) is 17.0. The van der Waals surface area contributed by atoms with Gasteiger partial charge in [0, 0.05) is 5.56 Å². The van der Waals surface area contributed by atoms with Crippen LogP contribution in [0.5, 0.6) is 0 Å². The predicted octanol–water partition coefficient (Wildman–Crippen LogP) is 2.90. The minimum Gasteiger partial charge on any atom is -0.278 e. The molecule has 0 radical (unpaired) electrons. The Labute approximate surface area is 121 Å². The molecule has 0 saturated heterocycles. The predicted molar refractivity (Wildman–Crippen MR) is 81.8 cm³/mol. The molecule has 0 spiro atoms. The van der Waals surface area contributed by atoms with Crippen molar-refractivity contribution in [2.45, 2.75) is 13.5 Å². The van der Waals surface area contributed by atoms with Gasteiger partial charge in [0.1, 0.15) is 12.4 Å². The van der Waals surface area contributed by atoms with Crippen LogP contribution in [0.1, 0.15) is 5.56 Å². The van der Waals surface area contributed by atoms with Gasteiger partial charge < -0.3 is 0 Å². The molecule has 21 heavy (non-hydrogen) atoms. The minimum atomic E-state index is -0.183. The minimum absolute atomic E-state index is 0.0140. The third-order valence-corrected chi connectivity index (χ3v) is 3.40. The van der Waals surface area contributed by atoms with E-state index in [1.807, 2.05) is 49.4 Å². The van der Waals surface area contributed by atoms with Crippen LogP contribution in [0.25, 0.3) is 22.3 Å². The molecule has 0 aliphatic carbocycles. The number of rotatable bonds is 2. The molecular weight excluding hydrogens is 262 g/mol. The topological polar surface area (TPSA) is 58.7 Å². The van der Waals surface area contributed by atoms with Crippen LogP contribution in [-0.2, 0) is 6.54 Å². The molecule has 0 fully saturated rings. The lowest BCUT2D eigenvalue weighted by atomic mass is 10.1. The van der Waals surface area contributed by atoms with Crippen LogP contribution < -0.4 is 5.56 Å². The largest absolute Gasteiger partial charge is 0.278 e. The van der Waals surface area contributed by atoms with E-state index in [0.717, 1.165) is 11.1 Å². The maximum atomic E-state index is 12.6. The Morgan fingerprint density at radius 2 is 1.86 bits per heavy atom. The van der Waals surface area contributed by atoms with Gasteiger partial charge in [0.25, 0.3) is 5.56 Å². The summed E-state index contributed by atoms with van der Waals surface area (Å²) >= 11 is 0.